The average molecular weight is 221 g/mol. The second-order valence-corrected chi connectivity index (χ2v) is 3.40. The number of fused-ring (bicyclic) bond motifs is 1. The van der Waals surface area contributed by atoms with Crippen LogP contribution in [-0.4, -0.2) is 26.2 Å². The molecule has 1 amide bonds. The number of anilines is 1. The van der Waals surface area contributed by atoms with Gasteiger partial charge in [-0.2, -0.15) is 0 Å². The van der Waals surface area contributed by atoms with Crippen LogP contribution in [0.1, 0.15) is 11.7 Å². The molecule has 1 atom stereocenters. The van der Waals surface area contributed by atoms with E-state index in [4.69, 9.17) is 4.74 Å². The number of methoxy groups -OCH3 is 1. The van der Waals surface area contributed by atoms with Gasteiger partial charge < -0.3 is 9.47 Å². The van der Waals surface area contributed by atoms with E-state index in [1.165, 1.54) is 12.0 Å². The van der Waals surface area contributed by atoms with Crippen molar-refractivity contribution in [3.05, 3.63) is 29.8 Å². The summed E-state index contributed by atoms with van der Waals surface area (Å²) >= 11 is 0. The summed E-state index contributed by atoms with van der Waals surface area (Å²) in [5, 5.41) is 0. The van der Waals surface area contributed by atoms with Gasteiger partial charge in [0.05, 0.1) is 12.8 Å². The van der Waals surface area contributed by atoms with Crippen LogP contribution in [0.5, 0.6) is 0 Å². The lowest BCUT2D eigenvalue weighted by Crippen LogP contribution is -2.37. The van der Waals surface area contributed by atoms with Gasteiger partial charge in [-0.15, -0.1) is 0 Å². The first-order valence-corrected chi connectivity index (χ1v) is 4.76. The highest BCUT2D eigenvalue weighted by Crippen LogP contribution is 2.34. The van der Waals surface area contributed by atoms with Gasteiger partial charge in [0.15, 0.2) is 0 Å². The molecule has 1 heterocycles. The minimum Gasteiger partial charge on any atom is -0.466 e. The number of ether oxygens (including phenoxy) is 2. The standard InChI is InChI=1S/C11H11NO4/c1-12-8-6-4-3-5-7(8)9(10(13)15-2)16-11(12)14/h3-6,9H,1-2H3. The molecule has 0 saturated heterocycles. The molecule has 1 aromatic carbocycles. The number of nitrogens with zero attached hydrogens (tertiary/aromatic N) is 1. The number of benzene rings is 1. The molecule has 0 saturated carbocycles. The van der Waals surface area contributed by atoms with Crippen molar-refractivity contribution in [1.82, 2.24) is 0 Å². The maximum Gasteiger partial charge on any atom is 0.415 e. The zero-order valence-corrected chi connectivity index (χ0v) is 8.97. The lowest BCUT2D eigenvalue weighted by atomic mass is 10.1. The van der Waals surface area contributed by atoms with Gasteiger partial charge in [-0.1, -0.05) is 18.2 Å². The molecule has 0 aliphatic carbocycles. The Labute approximate surface area is 92.6 Å². The molecule has 84 valence electrons. The number of amides is 1. The van der Waals surface area contributed by atoms with Crippen molar-refractivity contribution in [1.29, 1.82) is 0 Å². The van der Waals surface area contributed by atoms with Gasteiger partial charge in [-0.25, -0.2) is 9.59 Å². The van der Waals surface area contributed by atoms with Crippen LogP contribution in [0.4, 0.5) is 10.5 Å². The second-order valence-electron chi connectivity index (χ2n) is 3.40. The predicted octanol–water partition coefficient (Wildman–Crippen LogP) is 1.49. The predicted molar refractivity (Wildman–Crippen MR) is 56.1 cm³/mol. The van der Waals surface area contributed by atoms with Gasteiger partial charge in [0.25, 0.3) is 0 Å². The van der Waals surface area contributed by atoms with Crippen molar-refractivity contribution >= 4 is 17.7 Å². The van der Waals surface area contributed by atoms with Gasteiger partial charge in [-0.05, 0) is 6.07 Å². The first kappa shape index (κ1) is 10.5. The maximum absolute atomic E-state index is 11.5. The molecular weight excluding hydrogens is 210 g/mol. The highest BCUT2D eigenvalue weighted by atomic mass is 16.6. The summed E-state index contributed by atoms with van der Waals surface area (Å²) in [6, 6.07) is 7.07. The molecular formula is C11H11NO4. The molecule has 1 unspecified atom stereocenters. The van der Waals surface area contributed by atoms with E-state index < -0.39 is 18.2 Å². The van der Waals surface area contributed by atoms with Crippen LogP contribution >= 0.6 is 0 Å². The molecule has 1 aliphatic heterocycles. The molecule has 0 bridgehead atoms. The van der Waals surface area contributed by atoms with Gasteiger partial charge in [0, 0.05) is 12.6 Å². The Kier molecular flexibility index (Phi) is 2.52. The van der Waals surface area contributed by atoms with E-state index in [1.54, 1.807) is 31.3 Å². The number of cyclic esters (lactones) is 1. The minimum atomic E-state index is -0.968. The first-order chi connectivity index (χ1) is 7.65. The normalized spacial score (nSPS) is 18.8. The molecule has 1 aliphatic rings. The van der Waals surface area contributed by atoms with Crippen LogP contribution in [0, 0.1) is 0 Å². The highest BCUT2D eigenvalue weighted by Gasteiger charge is 2.35. The molecule has 16 heavy (non-hydrogen) atoms. The molecule has 0 N–H and O–H groups in total. The molecule has 0 fully saturated rings. The summed E-state index contributed by atoms with van der Waals surface area (Å²) in [5.41, 5.74) is 1.30. The van der Waals surface area contributed by atoms with E-state index in [-0.39, 0.29) is 0 Å². The number of esters is 1. The Hall–Kier alpha value is -2.04. The van der Waals surface area contributed by atoms with Crippen LogP contribution in [0.2, 0.25) is 0 Å². The van der Waals surface area contributed by atoms with E-state index in [0.29, 0.717) is 11.3 Å². The lowest BCUT2D eigenvalue weighted by Gasteiger charge is -2.29. The smallest absolute Gasteiger partial charge is 0.415 e. The Bertz CT molecular complexity index is 443. The van der Waals surface area contributed by atoms with Crippen LogP contribution < -0.4 is 4.90 Å². The minimum absolute atomic E-state index is 0.561. The molecule has 5 nitrogen and oxygen atoms in total. The largest absolute Gasteiger partial charge is 0.466 e. The van der Waals surface area contributed by atoms with Crippen molar-refractivity contribution in [3.63, 3.8) is 0 Å². The number of carbonyl (C=O) groups is 2. The van der Waals surface area contributed by atoms with Gasteiger partial charge in [0.1, 0.15) is 0 Å². The number of hydrogen-bond donors (Lipinski definition) is 0. The molecule has 5 heteroatoms. The fraction of sp³-hybridized carbons (Fsp3) is 0.273. The summed E-state index contributed by atoms with van der Waals surface area (Å²) in [4.78, 5) is 24.3. The average Bonchev–Trinajstić information content (AvgIpc) is 2.33. The topological polar surface area (TPSA) is 55.8 Å². The van der Waals surface area contributed by atoms with Gasteiger partial charge in [-0.3, -0.25) is 4.90 Å². The number of hydrogen-bond acceptors (Lipinski definition) is 4. The van der Waals surface area contributed by atoms with Crippen molar-refractivity contribution in [2.45, 2.75) is 6.10 Å². The Morgan fingerprint density at radius 1 is 1.44 bits per heavy atom. The number of para-hydroxylation sites is 1. The summed E-state index contributed by atoms with van der Waals surface area (Å²) in [6.45, 7) is 0. The summed E-state index contributed by atoms with van der Waals surface area (Å²) in [5.74, 6) is -0.575. The van der Waals surface area contributed by atoms with E-state index in [2.05, 4.69) is 4.74 Å². The van der Waals surface area contributed by atoms with Gasteiger partial charge >= 0.3 is 12.1 Å². The highest BCUT2D eigenvalue weighted by molar-refractivity contribution is 5.95. The molecule has 1 aromatic rings. The van der Waals surface area contributed by atoms with Gasteiger partial charge in [0.2, 0.25) is 6.10 Å². The lowest BCUT2D eigenvalue weighted by molar-refractivity contribution is -0.151. The monoisotopic (exact) mass is 221 g/mol. The molecule has 0 aromatic heterocycles. The van der Waals surface area contributed by atoms with Crippen molar-refractivity contribution in [3.8, 4) is 0 Å². The summed E-state index contributed by atoms with van der Waals surface area (Å²) in [6.07, 6.45) is -1.53. The SMILES string of the molecule is COC(=O)C1OC(=O)N(C)c2ccccc21. The van der Waals surface area contributed by atoms with Crippen molar-refractivity contribution < 1.29 is 19.1 Å². The fourth-order valence-corrected chi connectivity index (χ4v) is 1.64. The summed E-state index contributed by atoms with van der Waals surface area (Å²) < 4.78 is 9.59. The molecule has 2 rings (SSSR count). The zero-order chi connectivity index (χ0) is 11.7. The van der Waals surface area contributed by atoms with Crippen LogP contribution in [0.25, 0.3) is 0 Å². The molecule has 0 spiro atoms. The Morgan fingerprint density at radius 2 is 2.12 bits per heavy atom. The second kappa shape index (κ2) is 3.84. The van der Waals surface area contributed by atoms with Crippen LogP contribution in [0.3, 0.4) is 0 Å². The first-order valence-electron chi connectivity index (χ1n) is 4.76. The Morgan fingerprint density at radius 3 is 2.81 bits per heavy atom. The third-order valence-corrected chi connectivity index (χ3v) is 2.49. The van der Waals surface area contributed by atoms with E-state index >= 15 is 0 Å². The number of rotatable bonds is 1. The van der Waals surface area contributed by atoms with Crippen molar-refractivity contribution in [2.24, 2.45) is 0 Å². The molecule has 0 radical (unpaired) electrons. The van der Waals surface area contributed by atoms with Crippen molar-refractivity contribution in [2.75, 3.05) is 19.1 Å². The maximum atomic E-state index is 11.5. The summed E-state index contributed by atoms with van der Waals surface area (Å²) in [7, 11) is 2.85. The van der Waals surface area contributed by atoms with Crippen LogP contribution in [-0.2, 0) is 14.3 Å². The fourth-order valence-electron chi connectivity index (χ4n) is 1.64. The van der Waals surface area contributed by atoms with E-state index in [1.807, 2.05) is 0 Å². The quantitative estimate of drug-likeness (QED) is 0.674. The van der Waals surface area contributed by atoms with Crippen LogP contribution in [0.15, 0.2) is 24.3 Å². The van der Waals surface area contributed by atoms with E-state index in [9.17, 15) is 9.59 Å². The number of carbonyl (C=O) groups excluding carboxylic acids is 2. The van der Waals surface area contributed by atoms with E-state index in [0.717, 1.165) is 0 Å². The zero-order valence-electron chi connectivity index (χ0n) is 8.97. The third kappa shape index (κ3) is 1.50. The Balaban J connectivity index is 2.49. The third-order valence-electron chi connectivity index (χ3n) is 2.49.